The summed E-state index contributed by atoms with van der Waals surface area (Å²) in [7, 11) is -4.07. The van der Waals surface area contributed by atoms with Crippen molar-refractivity contribution in [2.24, 2.45) is 5.92 Å². The van der Waals surface area contributed by atoms with Crippen LogP contribution in [-0.4, -0.2) is 86.4 Å². The van der Waals surface area contributed by atoms with Gasteiger partial charge in [-0.05, 0) is 47.0 Å². The summed E-state index contributed by atoms with van der Waals surface area (Å²) < 4.78 is 280. The molecule has 0 spiro atoms. The van der Waals surface area contributed by atoms with E-state index in [4.69, 9.17) is 19.1 Å². The lowest BCUT2D eigenvalue weighted by atomic mass is 9.88. The van der Waals surface area contributed by atoms with Crippen LogP contribution in [-0.2, 0) is 14.0 Å². The molecule has 2 atom stereocenters. The van der Waals surface area contributed by atoms with Crippen molar-refractivity contribution in [2.75, 3.05) is 18.5 Å². The summed E-state index contributed by atoms with van der Waals surface area (Å²) in [5.41, 5.74) is -0.823. The van der Waals surface area contributed by atoms with E-state index in [2.05, 4.69) is 5.32 Å². The molecule has 370 valence electrons. The molecule has 0 unspecified atom stereocenters. The summed E-state index contributed by atoms with van der Waals surface area (Å²) in [5.74, 6) is -61.0. The molecule has 0 aliphatic rings. The molecule has 0 bridgehead atoms. The Balaban J connectivity index is 2.30. The number of hydrogen-bond acceptors (Lipinski definition) is 6. The number of rotatable bonds is 22. The first kappa shape index (κ1) is 56.7. The number of nitrogens with one attached hydrogen (secondary N) is 2. The fraction of sp³-hybridized carbons (Fsp3) is 0.568. The number of hydroxylamine groups is 1. The average Bonchev–Trinajstić information content (AvgIpc) is 3.18. The highest BCUT2D eigenvalue weighted by Gasteiger charge is 2.95. The molecule has 2 aromatic rings. The molecule has 0 heterocycles. The van der Waals surface area contributed by atoms with Crippen molar-refractivity contribution in [2.45, 2.75) is 112 Å². The monoisotopic (exact) mass is 996 g/mol. The van der Waals surface area contributed by atoms with Gasteiger partial charge in [-0.2, -0.15) is 74.6 Å². The second-order valence-electron chi connectivity index (χ2n) is 14.9. The molecule has 2 amide bonds. The second kappa shape index (κ2) is 20.2. The van der Waals surface area contributed by atoms with E-state index < -0.39 is 134 Å². The minimum atomic E-state index is -8.73. The first-order chi connectivity index (χ1) is 29.3. The summed E-state index contributed by atoms with van der Waals surface area (Å²) in [4.78, 5) is 24.2. The number of hydrogen-bond donors (Lipinski definition) is 3. The number of alkyl halides is 17. The smallest absolute Gasteiger partial charge is 0.460 e. The van der Waals surface area contributed by atoms with E-state index in [1.54, 1.807) is 0 Å². The summed E-state index contributed by atoms with van der Waals surface area (Å²) in [6.07, 6.45) is -10.9. The van der Waals surface area contributed by atoms with Crippen LogP contribution in [0.3, 0.4) is 0 Å². The first-order valence-electron chi connectivity index (χ1n) is 18.5. The zero-order valence-corrected chi connectivity index (χ0v) is 35.0. The summed E-state index contributed by atoms with van der Waals surface area (Å²) >= 11 is 0. The normalized spacial score (nSPS) is 15.1. The van der Waals surface area contributed by atoms with Crippen LogP contribution in [0.25, 0.3) is 0 Å². The zero-order valence-electron chi connectivity index (χ0n) is 34.0. The van der Waals surface area contributed by atoms with Crippen molar-refractivity contribution in [3.8, 4) is 5.75 Å². The van der Waals surface area contributed by atoms with Gasteiger partial charge in [0.05, 0.1) is 12.3 Å². The van der Waals surface area contributed by atoms with Crippen LogP contribution < -0.4 is 15.5 Å². The van der Waals surface area contributed by atoms with Gasteiger partial charge in [0.2, 0.25) is 0 Å². The molecule has 0 aromatic heterocycles. The van der Waals surface area contributed by atoms with Gasteiger partial charge >= 0.3 is 53.7 Å². The molecular formula is C37H39F19N2O6Si. The fourth-order valence-electron chi connectivity index (χ4n) is 6.20. The maximum atomic E-state index is 15.0. The third kappa shape index (κ3) is 11.4. The highest BCUT2D eigenvalue weighted by molar-refractivity contribution is 6.76. The molecule has 28 heteroatoms. The number of ether oxygens (including phenoxy) is 2. The van der Waals surface area contributed by atoms with Crippen LogP contribution in [0, 0.1) is 17.6 Å². The van der Waals surface area contributed by atoms with Crippen molar-refractivity contribution in [1.82, 2.24) is 5.48 Å². The number of amides is 2. The van der Waals surface area contributed by atoms with Gasteiger partial charge in [0.1, 0.15) is 30.1 Å². The minimum Gasteiger partial charge on any atom is -0.491 e. The average molecular weight is 997 g/mol. The molecule has 0 saturated heterocycles. The van der Waals surface area contributed by atoms with Gasteiger partial charge in [0.15, 0.2) is 8.32 Å². The van der Waals surface area contributed by atoms with Crippen LogP contribution in [0.1, 0.15) is 52.7 Å². The van der Waals surface area contributed by atoms with Crippen molar-refractivity contribution >= 4 is 26.0 Å². The Labute approximate surface area is 357 Å². The molecule has 8 nitrogen and oxygen atoms in total. The maximum Gasteiger partial charge on any atom is 0.460 e. The van der Waals surface area contributed by atoms with Gasteiger partial charge in [-0.15, -0.1) is 0 Å². The third-order valence-corrected chi connectivity index (χ3v) is 15.7. The Kier molecular flexibility index (Phi) is 17.6. The summed E-state index contributed by atoms with van der Waals surface area (Å²) in [6.45, 7) is 5.44. The molecule has 2 aromatic carbocycles. The second-order valence-corrected chi connectivity index (χ2v) is 20.0. The van der Waals surface area contributed by atoms with Gasteiger partial charge in [0, 0.05) is 24.5 Å². The standard InChI is InChI=1S/C37H39F19N2O6Si/c1-19(2)65(20(3)4,17-14-30(40,41)31(42,43)32(44,45)33(46,47)34(48,49)35(50,51)36(52,53)37(54,55)56)63-16-15-62-24-10-7-22(8-11-24)28(21(5)6-13-27(59)58-61)64-29(60)57-26-12-9-23(38)18-25(26)39/h6-13,18-21,28,61H,14-17H2,1-5H3,(H,57,60)(H,58,59)/b13-6+/t21-,28+/m0/s1. The molecule has 0 radical (unpaired) electrons. The minimum absolute atomic E-state index is 0.00265. The van der Waals surface area contributed by atoms with Gasteiger partial charge in [-0.25, -0.2) is 19.1 Å². The predicted octanol–water partition coefficient (Wildman–Crippen LogP) is 12.5. The number of anilines is 1. The van der Waals surface area contributed by atoms with E-state index in [1.807, 2.05) is 0 Å². The van der Waals surface area contributed by atoms with Crippen LogP contribution in [0.4, 0.5) is 93.9 Å². The number of halogens is 19. The van der Waals surface area contributed by atoms with Crippen LogP contribution in [0.2, 0.25) is 17.1 Å². The largest absolute Gasteiger partial charge is 0.491 e. The number of benzene rings is 2. The van der Waals surface area contributed by atoms with Crippen molar-refractivity contribution in [1.29, 1.82) is 0 Å². The molecule has 2 rings (SSSR count). The van der Waals surface area contributed by atoms with Gasteiger partial charge in [0.25, 0.3) is 5.91 Å². The molecule has 65 heavy (non-hydrogen) atoms. The van der Waals surface area contributed by atoms with Crippen molar-refractivity contribution in [3.63, 3.8) is 0 Å². The SMILES string of the molecule is CC(C)[Si](CCC(F)(F)C(F)(F)C(F)(F)C(F)(F)C(F)(F)C(F)(F)C(F)(F)C(F)(F)F)(OCCOc1ccc([C@H](OC(=O)Nc2ccc(F)cc2F)[C@@H](C)/C=C/C(=O)NO)cc1)C(C)C. The third-order valence-electron chi connectivity index (χ3n) is 10.0. The predicted molar refractivity (Wildman–Crippen MR) is 191 cm³/mol. The lowest BCUT2D eigenvalue weighted by Gasteiger charge is -2.44. The van der Waals surface area contributed by atoms with Crippen molar-refractivity contribution in [3.05, 3.63) is 71.8 Å². The lowest BCUT2D eigenvalue weighted by molar-refractivity contribution is -0.461. The number of carbonyl (C=O) groups is 2. The Morgan fingerprint density at radius 1 is 0.692 bits per heavy atom. The molecule has 0 aliphatic heterocycles. The summed E-state index contributed by atoms with van der Waals surface area (Å²) in [6, 6.07) is 5.97. The Morgan fingerprint density at radius 3 is 1.65 bits per heavy atom. The molecule has 0 aliphatic carbocycles. The van der Waals surface area contributed by atoms with Gasteiger partial charge in [-0.3, -0.25) is 15.3 Å². The molecule has 0 saturated carbocycles. The van der Waals surface area contributed by atoms with E-state index in [9.17, 15) is 93.0 Å². The van der Waals surface area contributed by atoms with Gasteiger partial charge in [-0.1, -0.05) is 52.8 Å². The van der Waals surface area contributed by atoms with E-state index in [0.717, 1.165) is 18.2 Å². The Bertz CT molecular complexity index is 1960. The highest BCUT2D eigenvalue weighted by Crippen LogP contribution is 2.64. The van der Waals surface area contributed by atoms with Gasteiger partial charge < -0.3 is 13.9 Å². The van der Waals surface area contributed by atoms with Crippen LogP contribution >= 0.6 is 0 Å². The first-order valence-corrected chi connectivity index (χ1v) is 20.7. The van der Waals surface area contributed by atoms with E-state index in [1.165, 1.54) is 70.4 Å². The maximum absolute atomic E-state index is 15.0. The van der Waals surface area contributed by atoms with Crippen molar-refractivity contribution < 1.29 is 112 Å². The Morgan fingerprint density at radius 2 is 1.18 bits per heavy atom. The summed E-state index contributed by atoms with van der Waals surface area (Å²) in [5, 5.41) is 10.8. The van der Waals surface area contributed by atoms with E-state index >= 15 is 0 Å². The lowest BCUT2D eigenvalue weighted by Crippen LogP contribution is -2.74. The molecule has 0 fully saturated rings. The van der Waals surface area contributed by atoms with E-state index in [-0.39, 0.29) is 11.3 Å². The van der Waals surface area contributed by atoms with E-state index in [0.29, 0.717) is 6.07 Å². The molecule has 3 N–H and O–H groups in total. The Hall–Kier alpha value is -4.47. The molecular weight excluding hydrogens is 957 g/mol. The zero-order chi connectivity index (χ0) is 50.6. The highest BCUT2D eigenvalue weighted by atomic mass is 28.4. The number of carbonyl (C=O) groups excluding carboxylic acids is 2. The quantitative estimate of drug-likeness (QED) is 0.0271. The van der Waals surface area contributed by atoms with Crippen LogP contribution in [0.5, 0.6) is 5.75 Å². The topological polar surface area (TPSA) is 106 Å². The van der Waals surface area contributed by atoms with Crippen LogP contribution in [0.15, 0.2) is 54.6 Å². The fourth-order valence-corrected chi connectivity index (χ4v) is 10.7.